The zero-order valence-electron chi connectivity index (χ0n) is 14.9. The Morgan fingerprint density at radius 2 is 1.85 bits per heavy atom. The SMILES string of the molecule is N#Cc1ccc(CCC(=O)N2CCC(Cc3cccc(O)c3)CC2)cc1. The fraction of sp³-hybridized carbons (Fsp3) is 0.364. The van der Waals surface area contributed by atoms with E-state index in [2.05, 4.69) is 12.1 Å². The van der Waals surface area contributed by atoms with Crippen LogP contribution in [0.4, 0.5) is 0 Å². The zero-order chi connectivity index (χ0) is 18.4. The van der Waals surface area contributed by atoms with Gasteiger partial charge in [-0.25, -0.2) is 0 Å². The molecular formula is C22H24N2O2. The van der Waals surface area contributed by atoms with E-state index < -0.39 is 0 Å². The number of nitriles is 1. The van der Waals surface area contributed by atoms with Crippen molar-refractivity contribution in [3.05, 3.63) is 65.2 Å². The van der Waals surface area contributed by atoms with E-state index in [1.807, 2.05) is 29.2 Å². The molecule has 0 bridgehead atoms. The van der Waals surface area contributed by atoms with E-state index in [1.54, 1.807) is 18.2 Å². The number of amides is 1. The van der Waals surface area contributed by atoms with Crippen LogP contribution in [0, 0.1) is 17.2 Å². The van der Waals surface area contributed by atoms with Gasteiger partial charge < -0.3 is 10.0 Å². The Kier molecular flexibility index (Phi) is 5.91. The summed E-state index contributed by atoms with van der Waals surface area (Å²) in [5.74, 6) is 1.10. The van der Waals surface area contributed by atoms with Crippen LogP contribution in [-0.4, -0.2) is 29.0 Å². The molecule has 0 unspecified atom stereocenters. The maximum Gasteiger partial charge on any atom is 0.222 e. The summed E-state index contributed by atoms with van der Waals surface area (Å²) in [6.07, 6.45) is 4.22. The molecule has 4 nitrogen and oxygen atoms in total. The van der Waals surface area contributed by atoms with E-state index in [0.717, 1.165) is 43.5 Å². The molecule has 2 aromatic carbocycles. The maximum absolute atomic E-state index is 12.4. The molecule has 4 heteroatoms. The Morgan fingerprint density at radius 3 is 2.50 bits per heavy atom. The number of aryl methyl sites for hydroxylation is 1. The minimum Gasteiger partial charge on any atom is -0.508 e. The van der Waals surface area contributed by atoms with Crippen molar-refractivity contribution < 1.29 is 9.90 Å². The predicted molar refractivity (Wildman–Crippen MR) is 101 cm³/mol. The Labute approximate surface area is 154 Å². The third-order valence-electron chi connectivity index (χ3n) is 5.11. The van der Waals surface area contributed by atoms with Crippen LogP contribution in [-0.2, 0) is 17.6 Å². The van der Waals surface area contributed by atoms with Crippen molar-refractivity contribution in [3.63, 3.8) is 0 Å². The molecule has 3 rings (SSSR count). The molecule has 0 atom stereocenters. The lowest BCUT2D eigenvalue weighted by molar-refractivity contribution is -0.132. The molecule has 134 valence electrons. The van der Waals surface area contributed by atoms with Crippen molar-refractivity contribution in [1.82, 2.24) is 4.90 Å². The molecule has 0 aliphatic carbocycles. The second kappa shape index (κ2) is 8.53. The van der Waals surface area contributed by atoms with E-state index in [1.165, 1.54) is 0 Å². The van der Waals surface area contributed by atoms with Gasteiger partial charge in [0.05, 0.1) is 11.6 Å². The average molecular weight is 348 g/mol. The highest BCUT2D eigenvalue weighted by molar-refractivity contribution is 5.76. The number of hydrogen-bond donors (Lipinski definition) is 1. The lowest BCUT2D eigenvalue weighted by Crippen LogP contribution is -2.39. The van der Waals surface area contributed by atoms with Gasteiger partial charge in [0.1, 0.15) is 5.75 Å². The number of carbonyl (C=O) groups excluding carboxylic acids is 1. The number of phenolic OH excluding ortho intramolecular Hbond substituents is 1. The molecule has 26 heavy (non-hydrogen) atoms. The number of benzene rings is 2. The van der Waals surface area contributed by atoms with Gasteiger partial charge in [-0.3, -0.25) is 4.79 Å². The van der Waals surface area contributed by atoms with Crippen LogP contribution in [0.1, 0.15) is 36.0 Å². The van der Waals surface area contributed by atoms with Crippen LogP contribution in [0.5, 0.6) is 5.75 Å². The topological polar surface area (TPSA) is 64.3 Å². The lowest BCUT2D eigenvalue weighted by Gasteiger charge is -2.32. The molecular weight excluding hydrogens is 324 g/mol. The highest BCUT2D eigenvalue weighted by Gasteiger charge is 2.22. The van der Waals surface area contributed by atoms with Gasteiger partial charge in [-0.15, -0.1) is 0 Å². The summed E-state index contributed by atoms with van der Waals surface area (Å²) >= 11 is 0. The van der Waals surface area contributed by atoms with Gasteiger partial charge in [0.2, 0.25) is 5.91 Å². The average Bonchev–Trinajstić information content (AvgIpc) is 2.67. The van der Waals surface area contributed by atoms with Crippen molar-refractivity contribution >= 4 is 5.91 Å². The Morgan fingerprint density at radius 1 is 1.12 bits per heavy atom. The molecule has 1 heterocycles. The smallest absolute Gasteiger partial charge is 0.222 e. The van der Waals surface area contributed by atoms with Crippen LogP contribution in [0.25, 0.3) is 0 Å². The van der Waals surface area contributed by atoms with Crippen LogP contribution >= 0.6 is 0 Å². The first-order valence-electron chi connectivity index (χ1n) is 9.19. The van der Waals surface area contributed by atoms with Gasteiger partial charge in [0.15, 0.2) is 0 Å². The number of phenols is 1. The second-order valence-corrected chi connectivity index (χ2v) is 7.01. The maximum atomic E-state index is 12.4. The first-order valence-corrected chi connectivity index (χ1v) is 9.19. The molecule has 0 aromatic heterocycles. The highest BCUT2D eigenvalue weighted by Crippen LogP contribution is 2.24. The van der Waals surface area contributed by atoms with Crippen molar-refractivity contribution in [2.75, 3.05) is 13.1 Å². The summed E-state index contributed by atoms with van der Waals surface area (Å²) < 4.78 is 0. The summed E-state index contributed by atoms with van der Waals surface area (Å²) in [6.45, 7) is 1.63. The molecule has 0 radical (unpaired) electrons. The molecule has 1 N–H and O–H groups in total. The number of hydrogen-bond acceptors (Lipinski definition) is 3. The number of piperidine rings is 1. The number of nitrogens with zero attached hydrogens (tertiary/aromatic N) is 2. The molecule has 2 aromatic rings. The minimum absolute atomic E-state index is 0.213. The van der Waals surface area contributed by atoms with Crippen molar-refractivity contribution in [1.29, 1.82) is 5.26 Å². The molecule has 1 aliphatic heterocycles. The summed E-state index contributed by atoms with van der Waals surface area (Å²) in [4.78, 5) is 14.4. The number of aromatic hydroxyl groups is 1. The van der Waals surface area contributed by atoms with Crippen LogP contribution in [0.2, 0.25) is 0 Å². The summed E-state index contributed by atoms with van der Waals surface area (Å²) in [7, 11) is 0. The molecule has 1 saturated heterocycles. The van der Waals surface area contributed by atoms with E-state index in [9.17, 15) is 9.90 Å². The van der Waals surface area contributed by atoms with Crippen molar-refractivity contribution in [3.8, 4) is 11.8 Å². The number of carbonyl (C=O) groups is 1. The van der Waals surface area contributed by atoms with E-state index in [-0.39, 0.29) is 5.91 Å². The van der Waals surface area contributed by atoms with Crippen molar-refractivity contribution in [2.24, 2.45) is 5.92 Å². The van der Waals surface area contributed by atoms with Crippen molar-refractivity contribution in [2.45, 2.75) is 32.1 Å². The molecule has 0 saturated carbocycles. The number of rotatable bonds is 5. The standard InChI is InChI=1S/C22H24N2O2/c23-16-19-6-4-17(5-7-19)8-9-22(26)24-12-10-18(11-13-24)14-20-2-1-3-21(25)15-20/h1-7,15,18,25H,8-14H2. The van der Waals surface area contributed by atoms with Gasteiger partial charge in [-0.1, -0.05) is 24.3 Å². The summed E-state index contributed by atoms with van der Waals surface area (Å²) in [5, 5.41) is 18.4. The lowest BCUT2D eigenvalue weighted by atomic mass is 9.90. The summed E-state index contributed by atoms with van der Waals surface area (Å²) in [6, 6.07) is 17.0. The van der Waals surface area contributed by atoms with Gasteiger partial charge >= 0.3 is 0 Å². The minimum atomic E-state index is 0.213. The molecule has 0 spiro atoms. The quantitative estimate of drug-likeness (QED) is 0.896. The second-order valence-electron chi connectivity index (χ2n) is 7.01. The largest absolute Gasteiger partial charge is 0.508 e. The first kappa shape index (κ1) is 18.0. The van der Waals surface area contributed by atoms with Crippen LogP contribution in [0.15, 0.2) is 48.5 Å². The monoisotopic (exact) mass is 348 g/mol. The summed E-state index contributed by atoms with van der Waals surface area (Å²) in [5.41, 5.74) is 2.90. The van der Waals surface area contributed by atoms with Gasteiger partial charge in [0, 0.05) is 19.5 Å². The molecule has 1 fully saturated rings. The Hall–Kier alpha value is -2.80. The third kappa shape index (κ3) is 4.86. The van der Waals surface area contributed by atoms with E-state index in [0.29, 0.717) is 30.1 Å². The predicted octanol–water partition coefficient (Wildman–Crippen LogP) is 3.68. The Balaban J connectivity index is 1.43. The van der Waals surface area contributed by atoms with Gasteiger partial charge in [0.25, 0.3) is 0 Å². The Bertz CT molecular complexity index is 785. The van der Waals surface area contributed by atoms with Crippen LogP contribution < -0.4 is 0 Å². The fourth-order valence-corrected chi connectivity index (χ4v) is 3.56. The molecule has 1 amide bonds. The van der Waals surface area contributed by atoms with E-state index in [4.69, 9.17) is 5.26 Å². The first-order chi connectivity index (χ1) is 12.6. The van der Waals surface area contributed by atoms with Gasteiger partial charge in [-0.2, -0.15) is 5.26 Å². The fourth-order valence-electron chi connectivity index (χ4n) is 3.56. The van der Waals surface area contributed by atoms with E-state index >= 15 is 0 Å². The normalized spacial score (nSPS) is 14.8. The number of likely N-dealkylation sites (tertiary alicyclic amines) is 1. The van der Waals surface area contributed by atoms with Gasteiger partial charge in [-0.05, 0) is 67.0 Å². The third-order valence-corrected chi connectivity index (χ3v) is 5.11. The van der Waals surface area contributed by atoms with Crippen LogP contribution in [0.3, 0.4) is 0 Å². The highest BCUT2D eigenvalue weighted by atomic mass is 16.3. The zero-order valence-corrected chi connectivity index (χ0v) is 14.9. The molecule has 1 aliphatic rings.